The van der Waals surface area contributed by atoms with E-state index in [4.69, 9.17) is 0 Å². The summed E-state index contributed by atoms with van der Waals surface area (Å²) in [5, 5.41) is 0. The average Bonchev–Trinajstić information content (AvgIpc) is 2.58. The van der Waals surface area contributed by atoms with Gasteiger partial charge in [-0.1, -0.05) is 22.0 Å². The van der Waals surface area contributed by atoms with Gasteiger partial charge in [0.25, 0.3) is 0 Å². The first-order valence-corrected chi connectivity index (χ1v) is 9.12. The minimum absolute atomic E-state index is 0.233. The van der Waals surface area contributed by atoms with Crippen molar-refractivity contribution in [3.8, 4) is 0 Å². The zero-order chi connectivity index (χ0) is 14.8. The molecule has 1 aliphatic heterocycles. The summed E-state index contributed by atoms with van der Waals surface area (Å²) in [4.78, 5) is 2.09. The molecule has 0 saturated carbocycles. The van der Waals surface area contributed by atoms with Crippen LogP contribution in [-0.2, 0) is 16.6 Å². The molecule has 0 unspecified atom stereocenters. The zero-order valence-electron chi connectivity index (χ0n) is 11.3. The molecule has 1 aliphatic rings. The van der Waals surface area contributed by atoms with Crippen LogP contribution in [0, 0.1) is 5.82 Å². The molecule has 0 aromatic heterocycles. The molecular weight excluding hydrogens is 347 g/mol. The summed E-state index contributed by atoms with van der Waals surface area (Å²) in [7, 11) is -3.13. The summed E-state index contributed by atoms with van der Waals surface area (Å²) in [5.41, 5.74) is 0.640. The Morgan fingerprint density at radius 1 is 1.25 bits per heavy atom. The van der Waals surface area contributed by atoms with E-state index in [1.165, 1.54) is 16.6 Å². The number of hydrogen-bond acceptors (Lipinski definition) is 3. The van der Waals surface area contributed by atoms with Crippen LogP contribution < -0.4 is 0 Å². The number of hydrogen-bond donors (Lipinski definition) is 0. The molecular formula is C13H18BrFN2O2S. The molecule has 4 nitrogen and oxygen atoms in total. The number of rotatable bonds is 3. The van der Waals surface area contributed by atoms with E-state index in [0.717, 1.165) is 17.4 Å². The van der Waals surface area contributed by atoms with Gasteiger partial charge in [-0.3, -0.25) is 4.90 Å². The summed E-state index contributed by atoms with van der Waals surface area (Å²) in [6.07, 6.45) is 2.00. The normalized spacial score (nSPS) is 18.9. The van der Waals surface area contributed by atoms with Crippen molar-refractivity contribution in [1.82, 2.24) is 9.21 Å². The van der Waals surface area contributed by atoms with Gasteiger partial charge in [-0.25, -0.2) is 17.1 Å². The van der Waals surface area contributed by atoms with Gasteiger partial charge in [0.2, 0.25) is 10.0 Å². The van der Waals surface area contributed by atoms with Gasteiger partial charge in [0.05, 0.1) is 6.26 Å². The van der Waals surface area contributed by atoms with Gasteiger partial charge in [0.15, 0.2) is 0 Å². The molecule has 20 heavy (non-hydrogen) atoms. The van der Waals surface area contributed by atoms with E-state index in [9.17, 15) is 12.8 Å². The minimum Gasteiger partial charge on any atom is -0.298 e. The topological polar surface area (TPSA) is 40.6 Å². The molecule has 1 saturated heterocycles. The molecule has 0 N–H and O–H groups in total. The number of benzene rings is 1. The third kappa shape index (κ3) is 4.25. The van der Waals surface area contributed by atoms with Crippen LogP contribution >= 0.6 is 15.9 Å². The predicted molar refractivity (Wildman–Crippen MR) is 80.4 cm³/mol. The maximum absolute atomic E-state index is 13.8. The summed E-state index contributed by atoms with van der Waals surface area (Å²) in [6.45, 7) is 2.93. The van der Waals surface area contributed by atoms with Crippen LogP contribution in [0.5, 0.6) is 0 Å². The van der Waals surface area contributed by atoms with E-state index >= 15 is 0 Å². The highest BCUT2D eigenvalue weighted by Gasteiger charge is 2.21. The van der Waals surface area contributed by atoms with E-state index < -0.39 is 10.0 Å². The van der Waals surface area contributed by atoms with E-state index in [0.29, 0.717) is 31.7 Å². The molecule has 1 aromatic carbocycles. The van der Waals surface area contributed by atoms with Gasteiger partial charge < -0.3 is 0 Å². The quantitative estimate of drug-likeness (QED) is 0.823. The highest BCUT2D eigenvalue weighted by atomic mass is 79.9. The largest absolute Gasteiger partial charge is 0.298 e. The lowest BCUT2D eigenvalue weighted by Gasteiger charge is -2.21. The molecule has 0 radical (unpaired) electrons. The van der Waals surface area contributed by atoms with E-state index in [2.05, 4.69) is 20.8 Å². The lowest BCUT2D eigenvalue weighted by atomic mass is 10.2. The third-order valence-corrected chi connectivity index (χ3v) is 5.22. The lowest BCUT2D eigenvalue weighted by Crippen LogP contribution is -2.34. The number of nitrogens with zero attached hydrogens (tertiary/aromatic N) is 2. The Balaban J connectivity index is 2.01. The summed E-state index contributed by atoms with van der Waals surface area (Å²) in [5.74, 6) is -0.233. The summed E-state index contributed by atoms with van der Waals surface area (Å²) >= 11 is 3.24. The smallest absolute Gasteiger partial charge is 0.211 e. The summed E-state index contributed by atoms with van der Waals surface area (Å²) < 4.78 is 39.1. The standard InChI is InChI=1S/C13H18BrFN2O2S/c1-20(18,19)17-6-2-5-16(7-8-17)10-11-3-4-12(14)9-13(11)15/h3-4,9H,2,5-8,10H2,1H3. The Kier molecular flexibility index (Phi) is 5.17. The molecule has 1 heterocycles. The van der Waals surface area contributed by atoms with Crippen molar-refractivity contribution in [2.24, 2.45) is 0 Å². The van der Waals surface area contributed by atoms with Gasteiger partial charge in [-0.2, -0.15) is 0 Å². The van der Waals surface area contributed by atoms with Crippen LogP contribution in [0.2, 0.25) is 0 Å². The number of halogens is 2. The maximum Gasteiger partial charge on any atom is 0.211 e. The molecule has 2 rings (SSSR count). The van der Waals surface area contributed by atoms with Crippen molar-refractivity contribution < 1.29 is 12.8 Å². The lowest BCUT2D eigenvalue weighted by molar-refractivity contribution is 0.275. The highest BCUT2D eigenvalue weighted by Crippen LogP contribution is 2.18. The number of sulfonamides is 1. The maximum atomic E-state index is 13.8. The van der Waals surface area contributed by atoms with Crippen molar-refractivity contribution >= 4 is 26.0 Å². The Morgan fingerprint density at radius 2 is 2.00 bits per heavy atom. The Bertz CT molecular complexity index is 580. The molecule has 0 aliphatic carbocycles. The Morgan fingerprint density at radius 3 is 2.65 bits per heavy atom. The molecule has 0 atom stereocenters. The van der Waals surface area contributed by atoms with Crippen molar-refractivity contribution in [3.63, 3.8) is 0 Å². The second-order valence-corrected chi connectivity index (χ2v) is 7.93. The summed E-state index contributed by atoms with van der Waals surface area (Å²) in [6, 6.07) is 5.04. The first-order valence-electron chi connectivity index (χ1n) is 6.47. The first-order chi connectivity index (χ1) is 9.36. The van der Waals surface area contributed by atoms with E-state index in [1.54, 1.807) is 6.07 Å². The monoisotopic (exact) mass is 364 g/mol. The van der Waals surface area contributed by atoms with Crippen LogP contribution in [0.25, 0.3) is 0 Å². The molecule has 112 valence electrons. The SMILES string of the molecule is CS(=O)(=O)N1CCCN(Cc2ccc(Br)cc2F)CC1. The molecule has 0 bridgehead atoms. The fraction of sp³-hybridized carbons (Fsp3) is 0.538. The van der Waals surface area contributed by atoms with Crippen LogP contribution in [0.1, 0.15) is 12.0 Å². The van der Waals surface area contributed by atoms with E-state index in [1.807, 2.05) is 6.07 Å². The van der Waals surface area contributed by atoms with E-state index in [-0.39, 0.29) is 5.82 Å². The van der Waals surface area contributed by atoms with Crippen LogP contribution in [0.15, 0.2) is 22.7 Å². The molecule has 0 amide bonds. The third-order valence-electron chi connectivity index (χ3n) is 3.43. The van der Waals surface area contributed by atoms with Crippen LogP contribution in [0.3, 0.4) is 0 Å². The van der Waals surface area contributed by atoms with Crippen molar-refractivity contribution in [3.05, 3.63) is 34.1 Å². The second kappa shape index (κ2) is 6.51. The van der Waals surface area contributed by atoms with Crippen LogP contribution in [-0.4, -0.2) is 50.1 Å². The Hall–Kier alpha value is -0.500. The molecule has 1 aromatic rings. The van der Waals surface area contributed by atoms with Gasteiger partial charge in [-0.15, -0.1) is 0 Å². The predicted octanol–water partition coefficient (Wildman–Crippen LogP) is 2.06. The van der Waals surface area contributed by atoms with Gasteiger partial charge in [0, 0.05) is 36.2 Å². The van der Waals surface area contributed by atoms with Crippen molar-refractivity contribution in [2.45, 2.75) is 13.0 Å². The van der Waals surface area contributed by atoms with Gasteiger partial charge in [0.1, 0.15) is 5.82 Å². The first kappa shape index (κ1) is 15.9. The van der Waals surface area contributed by atoms with Crippen molar-refractivity contribution in [1.29, 1.82) is 0 Å². The minimum atomic E-state index is -3.13. The fourth-order valence-corrected chi connectivity index (χ4v) is 3.53. The van der Waals surface area contributed by atoms with Gasteiger partial charge >= 0.3 is 0 Å². The molecule has 7 heteroatoms. The average molecular weight is 365 g/mol. The zero-order valence-corrected chi connectivity index (χ0v) is 13.8. The molecule has 1 fully saturated rings. The van der Waals surface area contributed by atoms with Gasteiger partial charge in [-0.05, 0) is 25.1 Å². The second-order valence-electron chi connectivity index (χ2n) is 5.03. The Labute approximate surface area is 127 Å². The highest BCUT2D eigenvalue weighted by molar-refractivity contribution is 9.10. The van der Waals surface area contributed by atoms with Crippen molar-refractivity contribution in [2.75, 3.05) is 32.4 Å². The molecule has 0 spiro atoms. The van der Waals surface area contributed by atoms with Crippen LogP contribution in [0.4, 0.5) is 4.39 Å². The fourth-order valence-electron chi connectivity index (χ4n) is 2.33.